The van der Waals surface area contributed by atoms with E-state index in [-0.39, 0.29) is 29.9 Å². The van der Waals surface area contributed by atoms with Gasteiger partial charge in [-0.3, -0.25) is 4.79 Å². The molecule has 1 amide bonds. The molecule has 4 N–H and O–H groups in total. The van der Waals surface area contributed by atoms with Gasteiger partial charge < -0.3 is 25.8 Å². The topological polar surface area (TPSA) is 98.0 Å². The van der Waals surface area contributed by atoms with Crippen molar-refractivity contribution in [1.29, 1.82) is 0 Å². The molecular weight excluding hydrogens is 483 g/mol. The monoisotopic (exact) mass is 512 g/mol. The Balaban J connectivity index is 0.00000420. The minimum absolute atomic E-state index is 0. The summed E-state index contributed by atoms with van der Waals surface area (Å²) in [6.07, 6.45) is 0.767. The first-order chi connectivity index (χ1) is 13.6. The quantitative estimate of drug-likeness (QED) is 0.273. The van der Waals surface area contributed by atoms with Crippen molar-refractivity contribution in [2.24, 2.45) is 10.7 Å². The molecule has 0 saturated heterocycles. The van der Waals surface area contributed by atoms with E-state index >= 15 is 0 Å². The van der Waals surface area contributed by atoms with E-state index in [0.717, 1.165) is 17.5 Å². The second-order valence-corrected chi connectivity index (χ2v) is 6.13. The van der Waals surface area contributed by atoms with Crippen LogP contribution in [-0.2, 0) is 13.0 Å². The number of hydrogen-bond acceptors (Lipinski definition) is 4. The number of amides is 1. The number of carbonyl (C=O) groups excluding carboxylic acids is 1. The van der Waals surface area contributed by atoms with E-state index in [1.165, 1.54) is 0 Å². The van der Waals surface area contributed by atoms with E-state index < -0.39 is 0 Å². The van der Waals surface area contributed by atoms with Gasteiger partial charge in [0.1, 0.15) is 0 Å². The minimum Gasteiger partial charge on any atom is -0.493 e. The zero-order valence-electron chi connectivity index (χ0n) is 17.0. The Morgan fingerprint density at radius 1 is 1.03 bits per heavy atom. The van der Waals surface area contributed by atoms with Crippen molar-refractivity contribution in [1.82, 2.24) is 10.6 Å². The molecule has 0 saturated carbocycles. The lowest BCUT2D eigenvalue weighted by molar-refractivity contribution is 0.0955. The van der Waals surface area contributed by atoms with Crippen molar-refractivity contribution in [3.05, 3.63) is 59.2 Å². The lowest BCUT2D eigenvalue weighted by Gasteiger charge is -2.10. The molecule has 0 fully saturated rings. The Kier molecular flexibility index (Phi) is 10.9. The van der Waals surface area contributed by atoms with Crippen LogP contribution in [0.15, 0.2) is 47.5 Å². The van der Waals surface area contributed by atoms with Crippen LogP contribution in [0.5, 0.6) is 11.5 Å². The summed E-state index contributed by atoms with van der Waals surface area (Å²) >= 11 is 0. The summed E-state index contributed by atoms with van der Waals surface area (Å²) in [6.45, 7) is 3.53. The van der Waals surface area contributed by atoms with Crippen LogP contribution >= 0.6 is 24.0 Å². The first-order valence-corrected chi connectivity index (χ1v) is 9.19. The van der Waals surface area contributed by atoms with Gasteiger partial charge in [0.05, 0.1) is 20.8 Å². The van der Waals surface area contributed by atoms with Crippen molar-refractivity contribution in [3.63, 3.8) is 0 Å². The van der Waals surface area contributed by atoms with Crippen molar-refractivity contribution in [3.8, 4) is 11.5 Å². The van der Waals surface area contributed by atoms with Gasteiger partial charge in [-0.1, -0.05) is 18.2 Å². The van der Waals surface area contributed by atoms with Crippen molar-refractivity contribution >= 4 is 35.8 Å². The highest BCUT2D eigenvalue weighted by molar-refractivity contribution is 14.0. The number of guanidine groups is 1. The zero-order valence-corrected chi connectivity index (χ0v) is 19.4. The number of rotatable bonds is 9. The first kappa shape index (κ1) is 24.5. The SMILES string of the molecule is CCNC(=O)c1cccc(CN=C(N)NCCc2ccc(OC)c(OC)c2)c1.I. The van der Waals surface area contributed by atoms with E-state index in [1.54, 1.807) is 20.3 Å². The molecule has 158 valence electrons. The third kappa shape index (κ3) is 7.80. The average Bonchev–Trinajstić information content (AvgIpc) is 2.72. The number of nitrogens with zero attached hydrogens (tertiary/aromatic N) is 1. The number of methoxy groups -OCH3 is 2. The molecule has 2 aromatic rings. The highest BCUT2D eigenvalue weighted by Crippen LogP contribution is 2.27. The molecule has 7 nitrogen and oxygen atoms in total. The molecule has 2 rings (SSSR count). The van der Waals surface area contributed by atoms with Crippen LogP contribution in [0.2, 0.25) is 0 Å². The molecule has 0 spiro atoms. The largest absolute Gasteiger partial charge is 0.493 e. The smallest absolute Gasteiger partial charge is 0.251 e. The van der Waals surface area contributed by atoms with E-state index in [1.807, 2.05) is 43.3 Å². The van der Waals surface area contributed by atoms with Crippen molar-refractivity contribution < 1.29 is 14.3 Å². The van der Waals surface area contributed by atoms with Crippen LogP contribution in [0.3, 0.4) is 0 Å². The van der Waals surface area contributed by atoms with Crippen molar-refractivity contribution in [2.45, 2.75) is 19.9 Å². The fraction of sp³-hybridized carbons (Fsp3) is 0.333. The Morgan fingerprint density at radius 2 is 1.79 bits per heavy atom. The summed E-state index contributed by atoms with van der Waals surface area (Å²) in [5, 5.41) is 5.89. The van der Waals surface area contributed by atoms with Gasteiger partial charge in [0.15, 0.2) is 17.5 Å². The van der Waals surface area contributed by atoms with Crippen LogP contribution < -0.4 is 25.8 Å². The summed E-state index contributed by atoms with van der Waals surface area (Å²) in [4.78, 5) is 16.2. The van der Waals surface area contributed by atoms with Gasteiger partial charge in [-0.25, -0.2) is 4.99 Å². The molecule has 0 atom stereocenters. The van der Waals surface area contributed by atoms with Gasteiger partial charge in [-0.15, -0.1) is 24.0 Å². The van der Waals surface area contributed by atoms with Crippen molar-refractivity contribution in [2.75, 3.05) is 27.3 Å². The maximum Gasteiger partial charge on any atom is 0.251 e. The van der Waals surface area contributed by atoms with Crippen LogP contribution in [0, 0.1) is 0 Å². The predicted molar refractivity (Wildman–Crippen MR) is 126 cm³/mol. The molecule has 0 unspecified atom stereocenters. The number of benzene rings is 2. The van der Waals surface area contributed by atoms with E-state index in [2.05, 4.69) is 15.6 Å². The number of aliphatic imine (C=N–C) groups is 1. The van der Waals surface area contributed by atoms with Gasteiger partial charge in [0.25, 0.3) is 5.91 Å². The molecule has 8 heteroatoms. The molecule has 29 heavy (non-hydrogen) atoms. The minimum atomic E-state index is -0.0886. The second-order valence-electron chi connectivity index (χ2n) is 6.13. The molecule has 2 aromatic carbocycles. The van der Waals surface area contributed by atoms with Gasteiger partial charge >= 0.3 is 0 Å². The highest BCUT2D eigenvalue weighted by atomic mass is 127. The van der Waals surface area contributed by atoms with E-state index in [4.69, 9.17) is 15.2 Å². The Hall–Kier alpha value is -2.49. The Morgan fingerprint density at radius 3 is 2.48 bits per heavy atom. The third-order valence-corrected chi connectivity index (χ3v) is 4.13. The fourth-order valence-corrected chi connectivity index (χ4v) is 2.68. The van der Waals surface area contributed by atoms with Gasteiger partial charge in [0, 0.05) is 18.7 Å². The highest BCUT2D eigenvalue weighted by Gasteiger charge is 2.06. The molecule has 0 heterocycles. The molecule has 0 aliphatic carbocycles. The normalized spacial score (nSPS) is 10.7. The number of nitrogens with two attached hydrogens (primary N) is 1. The molecule has 0 aromatic heterocycles. The van der Waals surface area contributed by atoms with Crippen LogP contribution in [0.4, 0.5) is 0 Å². The van der Waals surface area contributed by atoms with Gasteiger partial charge in [-0.2, -0.15) is 0 Å². The summed E-state index contributed by atoms with van der Waals surface area (Å²) < 4.78 is 10.6. The number of ether oxygens (including phenoxy) is 2. The summed E-state index contributed by atoms with van der Waals surface area (Å²) in [6, 6.07) is 13.2. The lowest BCUT2D eigenvalue weighted by atomic mass is 10.1. The van der Waals surface area contributed by atoms with Gasteiger partial charge in [-0.05, 0) is 48.7 Å². The van der Waals surface area contributed by atoms with Crippen LogP contribution in [0.1, 0.15) is 28.4 Å². The molecule has 0 aliphatic heterocycles. The number of halogens is 1. The van der Waals surface area contributed by atoms with Gasteiger partial charge in [0.2, 0.25) is 0 Å². The molecule has 0 bridgehead atoms. The number of nitrogens with one attached hydrogen (secondary N) is 2. The fourth-order valence-electron chi connectivity index (χ4n) is 2.68. The second kappa shape index (κ2) is 12.9. The maximum absolute atomic E-state index is 11.9. The number of hydrogen-bond donors (Lipinski definition) is 3. The van der Waals surface area contributed by atoms with E-state index in [0.29, 0.717) is 42.7 Å². The Labute approximate surface area is 189 Å². The third-order valence-electron chi connectivity index (χ3n) is 4.13. The zero-order chi connectivity index (χ0) is 20.4. The average molecular weight is 512 g/mol. The first-order valence-electron chi connectivity index (χ1n) is 9.19. The number of carbonyl (C=O) groups is 1. The predicted octanol–water partition coefficient (Wildman–Crippen LogP) is 2.72. The lowest BCUT2D eigenvalue weighted by Crippen LogP contribution is -2.33. The standard InChI is InChI=1S/C21H28N4O3.HI/c1-4-23-20(26)17-7-5-6-16(12-17)14-25-21(22)24-11-10-15-8-9-18(27-2)19(13-15)28-3;/h5-9,12-13H,4,10-11,14H2,1-3H3,(H,23,26)(H3,22,24,25);1H. The molecular formula is C21H29IN4O3. The summed E-state index contributed by atoms with van der Waals surface area (Å²) in [5.41, 5.74) is 8.60. The maximum atomic E-state index is 11.9. The van der Waals surface area contributed by atoms with E-state index in [9.17, 15) is 4.79 Å². The summed E-state index contributed by atoms with van der Waals surface area (Å²) in [7, 11) is 3.23. The van der Waals surface area contributed by atoms with Crippen LogP contribution in [0.25, 0.3) is 0 Å². The van der Waals surface area contributed by atoms with Crippen LogP contribution in [-0.4, -0.2) is 39.2 Å². The molecule has 0 radical (unpaired) electrons. The molecule has 0 aliphatic rings. The Bertz CT molecular complexity index is 827. The summed E-state index contributed by atoms with van der Waals surface area (Å²) in [5.74, 6) is 1.68.